The smallest absolute Gasteiger partial charge is 0.247 e. The minimum atomic E-state index is -0.859. The Morgan fingerprint density at radius 2 is 1.69 bits per heavy atom. The fourth-order valence-electron chi connectivity index (χ4n) is 4.67. The molecular formula is C29H39ClN2O4. The predicted molar refractivity (Wildman–Crippen MR) is 144 cm³/mol. The second-order valence-corrected chi connectivity index (χ2v) is 10.1. The van der Waals surface area contributed by atoms with Gasteiger partial charge in [0.15, 0.2) is 11.5 Å². The number of carbonyl (C=O) groups excluding carboxylic acids is 2. The minimum Gasteiger partial charge on any atom is -0.493 e. The molecule has 0 heterocycles. The lowest BCUT2D eigenvalue weighted by molar-refractivity contribution is -0.140. The molecule has 196 valence electrons. The average Bonchev–Trinajstić information content (AvgIpc) is 3.13. The summed E-state index contributed by atoms with van der Waals surface area (Å²) in [5, 5.41) is 3.25. The first-order valence-electron chi connectivity index (χ1n) is 12.9. The maximum absolute atomic E-state index is 13.9. The molecule has 1 aliphatic rings. The SMILES string of the molecule is COc1cc([C@@H](C(=O)NC2CCCCCC2)N(Cc2ccc(C)cc2)C(=O)CCl)ccc1OC(C)C. The number of aryl methyl sites for hydroxylation is 1. The summed E-state index contributed by atoms with van der Waals surface area (Å²) in [6.07, 6.45) is 6.43. The molecule has 0 aromatic heterocycles. The van der Waals surface area contributed by atoms with E-state index in [-0.39, 0.29) is 36.4 Å². The molecular weight excluding hydrogens is 476 g/mol. The number of halogens is 1. The average molecular weight is 515 g/mol. The van der Waals surface area contributed by atoms with Gasteiger partial charge in [-0.15, -0.1) is 11.6 Å². The Balaban J connectivity index is 2.01. The minimum absolute atomic E-state index is 0.0325. The fraction of sp³-hybridized carbons (Fsp3) is 0.517. The zero-order chi connectivity index (χ0) is 26.1. The Morgan fingerprint density at radius 1 is 1.03 bits per heavy atom. The van der Waals surface area contributed by atoms with Crippen LogP contribution in [0.3, 0.4) is 0 Å². The summed E-state index contributed by atoms with van der Waals surface area (Å²) in [4.78, 5) is 28.6. The topological polar surface area (TPSA) is 67.9 Å². The number of hydrogen-bond donors (Lipinski definition) is 1. The molecule has 2 amide bonds. The van der Waals surface area contributed by atoms with Gasteiger partial charge in [-0.25, -0.2) is 0 Å². The number of alkyl halides is 1. The van der Waals surface area contributed by atoms with E-state index in [4.69, 9.17) is 21.1 Å². The van der Waals surface area contributed by atoms with E-state index in [2.05, 4.69) is 5.32 Å². The van der Waals surface area contributed by atoms with E-state index in [1.807, 2.05) is 51.1 Å². The second-order valence-electron chi connectivity index (χ2n) is 9.82. The first-order valence-corrected chi connectivity index (χ1v) is 13.4. The fourth-order valence-corrected chi connectivity index (χ4v) is 4.83. The Kier molecular flexibility index (Phi) is 10.5. The van der Waals surface area contributed by atoms with E-state index in [1.165, 1.54) is 12.8 Å². The van der Waals surface area contributed by atoms with Crippen molar-refractivity contribution >= 4 is 23.4 Å². The van der Waals surface area contributed by atoms with Crippen LogP contribution in [0.4, 0.5) is 0 Å². The molecule has 2 aromatic rings. The molecule has 36 heavy (non-hydrogen) atoms. The van der Waals surface area contributed by atoms with Crippen LogP contribution in [0.5, 0.6) is 11.5 Å². The van der Waals surface area contributed by atoms with Crippen molar-refractivity contribution in [2.24, 2.45) is 0 Å². The van der Waals surface area contributed by atoms with Crippen LogP contribution >= 0.6 is 11.6 Å². The van der Waals surface area contributed by atoms with Gasteiger partial charge in [-0.05, 0) is 56.9 Å². The van der Waals surface area contributed by atoms with Crippen molar-refractivity contribution in [3.8, 4) is 11.5 Å². The molecule has 7 heteroatoms. The van der Waals surface area contributed by atoms with E-state index in [0.29, 0.717) is 17.1 Å². The summed E-state index contributed by atoms with van der Waals surface area (Å²) in [7, 11) is 1.57. The number of nitrogens with zero attached hydrogens (tertiary/aromatic N) is 1. The highest BCUT2D eigenvalue weighted by Gasteiger charge is 2.33. The summed E-state index contributed by atoms with van der Waals surface area (Å²) in [5.41, 5.74) is 2.71. The lowest BCUT2D eigenvalue weighted by Gasteiger charge is -2.33. The van der Waals surface area contributed by atoms with Gasteiger partial charge in [0.25, 0.3) is 0 Å². The summed E-state index contributed by atoms with van der Waals surface area (Å²) >= 11 is 6.06. The molecule has 1 N–H and O–H groups in total. The van der Waals surface area contributed by atoms with Crippen molar-refractivity contribution in [2.75, 3.05) is 13.0 Å². The Labute approximate surface area is 220 Å². The molecule has 1 atom stereocenters. The van der Waals surface area contributed by atoms with Crippen LogP contribution in [0.25, 0.3) is 0 Å². The molecule has 0 saturated heterocycles. The zero-order valence-electron chi connectivity index (χ0n) is 21.9. The lowest BCUT2D eigenvalue weighted by atomic mass is 10.0. The summed E-state index contributed by atoms with van der Waals surface area (Å²) < 4.78 is 11.5. The first-order chi connectivity index (χ1) is 17.3. The first kappa shape index (κ1) is 27.9. The van der Waals surface area contributed by atoms with Crippen molar-refractivity contribution < 1.29 is 19.1 Å². The highest BCUT2D eigenvalue weighted by atomic mass is 35.5. The Morgan fingerprint density at radius 3 is 2.28 bits per heavy atom. The largest absolute Gasteiger partial charge is 0.493 e. The van der Waals surface area contributed by atoms with Gasteiger partial charge in [0.1, 0.15) is 11.9 Å². The van der Waals surface area contributed by atoms with Crippen LogP contribution in [0.1, 0.15) is 75.1 Å². The van der Waals surface area contributed by atoms with Crippen LogP contribution in [0, 0.1) is 6.92 Å². The number of amides is 2. The third kappa shape index (κ3) is 7.63. The standard InChI is InChI=1S/C29H39ClN2O4/c1-20(2)36-25-16-15-23(17-26(25)35-4)28(29(34)31-24-9-7-5-6-8-10-24)32(27(33)18-30)19-22-13-11-21(3)12-14-22/h11-17,20,24,28H,5-10,18-19H2,1-4H3,(H,31,34)/t28-/m0/s1. The molecule has 6 nitrogen and oxygen atoms in total. The van der Waals surface area contributed by atoms with Crippen molar-refractivity contribution in [3.63, 3.8) is 0 Å². The molecule has 1 fully saturated rings. The van der Waals surface area contributed by atoms with E-state index < -0.39 is 6.04 Å². The lowest BCUT2D eigenvalue weighted by Crippen LogP contribution is -2.46. The number of benzene rings is 2. The molecule has 2 aromatic carbocycles. The summed E-state index contributed by atoms with van der Waals surface area (Å²) in [5.74, 6) is 0.381. The number of methoxy groups -OCH3 is 1. The summed E-state index contributed by atoms with van der Waals surface area (Å²) in [6.45, 7) is 6.17. The predicted octanol–water partition coefficient (Wildman–Crippen LogP) is 5.94. The van der Waals surface area contributed by atoms with Gasteiger partial charge >= 0.3 is 0 Å². The van der Waals surface area contributed by atoms with Gasteiger partial charge in [0.2, 0.25) is 11.8 Å². The zero-order valence-corrected chi connectivity index (χ0v) is 22.6. The molecule has 3 rings (SSSR count). The van der Waals surface area contributed by atoms with Gasteiger partial charge in [0, 0.05) is 12.6 Å². The van der Waals surface area contributed by atoms with Crippen LogP contribution < -0.4 is 14.8 Å². The molecule has 1 aliphatic carbocycles. The van der Waals surface area contributed by atoms with Crippen molar-refractivity contribution in [3.05, 3.63) is 59.2 Å². The maximum atomic E-state index is 13.9. The molecule has 0 spiro atoms. The third-order valence-electron chi connectivity index (χ3n) is 6.54. The Hall–Kier alpha value is -2.73. The van der Waals surface area contributed by atoms with Crippen LogP contribution in [-0.2, 0) is 16.1 Å². The number of nitrogens with one attached hydrogen (secondary N) is 1. The number of carbonyl (C=O) groups is 2. The monoisotopic (exact) mass is 514 g/mol. The van der Waals surface area contributed by atoms with E-state index in [1.54, 1.807) is 24.1 Å². The van der Waals surface area contributed by atoms with Gasteiger partial charge in [-0.3, -0.25) is 9.59 Å². The highest BCUT2D eigenvalue weighted by molar-refractivity contribution is 6.27. The molecule has 1 saturated carbocycles. The normalized spacial score (nSPS) is 15.2. The van der Waals surface area contributed by atoms with Crippen molar-refractivity contribution in [1.29, 1.82) is 0 Å². The third-order valence-corrected chi connectivity index (χ3v) is 6.76. The quantitative estimate of drug-likeness (QED) is 0.315. The number of rotatable bonds is 10. The molecule has 0 bridgehead atoms. The van der Waals surface area contributed by atoms with Gasteiger partial charge < -0.3 is 19.7 Å². The number of ether oxygens (including phenoxy) is 2. The molecule has 0 radical (unpaired) electrons. The van der Waals surface area contributed by atoms with Crippen LogP contribution in [0.15, 0.2) is 42.5 Å². The van der Waals surface area contributed by atoms with Gasteiger partial charge in [0.05, 0.1) is 13.2 Å². The van der Waals surface area contributed by atoms with E-state index in [0.717, 1.165) is 36.8 Å². The molecule has 0 aliphatic heterocycles. The van der Waals surface area contributed by atoms with Gasteiger partial charge in [-0.1, -0.05) is 61.6 Å². The van der Waals surface area contributed by atoms with Crippen molar-refractivity contribution in [1.82, 2.24) is 10.2 Å². The van der Waals surface area contributed by atoms with Crippen molar-refractivity contribution in [2.45, 2.75) is 84.0 Å². The maximum Gasteiger partial charge on any atom is 0.247 e. The molecule has 0 unspecified atom stereocenters. The Bertz CT molecular complexity index is 1000. The highest BCUT2D eigenvalue weighted by Crippen LogP contribution is 2.34. The van der Waals surface area contributed by atoms with Crippen LogP contribution in [0.2, 0.25) is 0 Å². The van der Waals surface area contributed by atoms with E-state index >= 15 is 0 Å². The van der Waals surface area contributed by atoms with E-state index in [9.17, 15) is 9.59 Å². The summed E-state index contributed by atoms with van der Waals surface area (Å²) in [6, 6.07) is 12.6. The second kappa shape index (κ2) is 13.5. The number of hydrogen-bond acceptors (Lipinski definition) is 4. The van der Waals surface area contributed by atoms with Crippen LogP contribution in [-0.4, -0.2) is 41.8 Å². The van der Waals surface area contributed by atoms with Gasteiger partial charge in [-0.2, -0.15) is 0 Å².